The van der Waals surface area contributed by atoms with E-state index in [1.165, 1.54) is 4.90 Å². The number of amides is 3. The van der Waals surface area contributed by atoms with Crippen molar-refractivity contribution in [2.45, 2.75) is 44.5 Å². The summed E-state index contributed by atoms with van der Waals surface area (Å²) in [5.41, 5.74) is 4.38. The SMILES string of the molecule is CCC(CC)(NC(=O)C1CN(C(=O)C(C)Cl)C1)C(N)=O. The van der Waals surface area contributed by atoms with Gasteiger partial charge in [-0.1, -0.05) is 13.8 Å². The van der Waals surface area contributed by atoms with Gasteiger partial charge in [0.25, 0.3) is 0 Å². The van der Waals surface area contributed by atoms with E-state index in [1.807, 2.05) is 0 Å². The summed E-state index contributed by atoms with van der Waals surface area (Å²) in [7, 11) is 0. The fraction of sp³-hybridized carbons (Fsp3) is 0.769. The number of primary amides is 1. The maximum atomic E-state index is 12.1. The Balaban J connectivity index is 2.58. The smallest absolute Gasteiger partial charge is 0.243 e. The first-order chi connectivity index (χ1) is 9.27. The monoisotopic (exact) mass is 303 g/mol. The van der Waals surface area contributed by atoms with Gasteiger partial charge in [-0.2, -0.15) is 0 Å². The minimum absolute atomic E-state index is 0.178. The third-order valence-electron chi connectivity index (χ3n) is 3.95. The summed E-state index contributed by atoms with van der Waals surface area (Å²) in [6.45, 7) is 5.89. The fourth-order valence-electron chi connectivity index (χ4n) is 2.25. The van der Waals surface area contributed by atoms with Gasteiger partial charge in [0.2, 0.25) is 17.7 Å². The van der Waals surface area contributed by atoms with Crippen molar-refractivity contribution < 1.29 is 14.4 Å². The Bertz CT molecular complexity index is 402. The molecule has 1 aliphatic rings. The van der Waals surface area contributed by atoms with Gasteiger partial charge in [-0.3, -0.25) is 14.4 Å². The number of hydrogen-bond donors (Lipinski definition) is 2. The maximum absolute atomic E-state index is 12.1. The van der Waals surface area contributed by atoms with Crippen LogP contribution in [0.15, 0.2) is 0 Å². The van der Waals surface area contributed by atoms with Crippen LogP contribution in [0, 0.1) is 5.92 Å². The van der Waals surface area contributed by atoms with Gasteiger partial charge in [-0.25, -0.2) is 0 Å². The van der Waals surface area contributed by atoms with Gasteiger partial charge in [-0.05, 0) is 19.8 Å². The molecule has 1 fully saturated rings. The van der Waals surface area contributed by atoms with E-state index < -0.39 is 16.8 Å². The lowest BCUT2D eigenvalue weighted by molar-refractivity contribution is -0.145. The lowest BCUT2D eigenvalue weighted by Gasteiger charge is -2.41. The van der Waals surface area contributed by atoms with Crippen LogP contribution in [0.3, 0.4) is 0 Å². The summed E-state index contributed by atoms with van der Waals surface area (Å²) in [6, 6.07) is 0. The van der Waals surface area contributed by atoms with Crippen LogP contribution in [0.1, 0.15) is 33.6 Å². The summed E-state index contributed by atoms with van der Waals surface area (Å²) in [4.78, 5) is 36.8. The molecule has 1 atom stereocenters. The molecule has 0 radical (unpaired) electrons. The molecular formula is C13H22ClN3O3. The van der Waals surface area contributed by atoms with Gasteiger partial charge < -0.3 is 16.0 Å². The standard InChI is InChI=1S/C13H22ClN3O3/c1-4-13(5-2,12(15)20)16-10(18)9-6-17(7-9)11(19)8(3)14/h8-9H,4-7H2,1-3H3,(H2,15,20)(H,16,18). The Morgan fingerprint density at radius 1 is 1.35 bits per heavy atom. The second-order valence-corrected chi connectivity index (χ2v) is 5.85. The highest BCUT2D eigenvalue weighted by Gasteiger charge is 2.41. The van der Waals surface area contributed by atoms with Gasteiger partial charge >= 0.3 is 0 Å². The van der Waals surface area contributed by atoms with Crippen molar-refractivity contribution in [3.8, 4) is 0 Å². The Hall–Kier alpha value is -1.30. The second kappa shape index (κ2) is 6.43. The molecule has 3 amide bonds. The van der Waals surface area contributed by atoms with E-state index >= 15 is 0 Å². The molecule has 0 aromatic rings. The lowest BCUT2D eigenvalue weighted by atomic mass is 9.89. The number of nitrogens with zero attached hydrogens (tertiary/aromatic N) is 1. The van der Waals surface area contributed by atoms with Crippen molar-refractivity contribution in [3.05, 3.63) is 0 Å². The topological polar surface area (TPSA) is 92.5 Å². The van der Waals surface area contributed by atoms with E-state index in [0.29, 0.717) is 25.9 Å². The number of carbonyl (C=O) groups excluding carboxylic acids is 3. The molecule has 114 valence electrons. The highest BCUT2D eigenvalue weighted by atomic mass is 35.5. The van der Waals surface area contributed by atoms with Crippen molar-refractivity contribution in [2.75, 3.05) is 13.1 Å². The number of nitrogens with two attached hydrogens (primary N) is 1. The molecule has 0 aromatic heterocycles. The number of hydrogen-bond acceptors (Lipinski definition) is 3. The summed E-state index contributed by atoms with van der Waals surface area (Å²) in [5, 5.41) is 2.15. The van der Waals surface area contributed by atoms with E-state index in [-0.39, 0.29) is 17.7 Å². The van der Waals surface area contributed by atoms with Crippen LogP contribution < -0.4 is 11.1 Å². The van der Waals surface area contributed by atoms with Crippen molar-refractivity contribution in [1.29, 1.82) is 0 Å². The van der Waals surface area contributed by atoms with Crippen LogP contribution in [-0.4, -0.2) is 46.6 Å². The number of likely N-dealkylation sites (tertiary alicyclic amines) is 1. The van der Waals surface area contributed by atoms with E-state index in [2.05, 4.69) is 5.32 Å². The van der Waals surface area contributed by atoms with Crippen molar-refractivity contribution >= 4 is 29.3 Å². The molecule has 0 bridgehead atoms. The molecule has 1 rings (SSSR count). The molecule has 0 aromatic carbocycles. The normalized spacial score (nSPS) is 17.3. The van der Waals surface area contributed by atoms with E-state index in [4.69, 9.17) is 17.3 Å². The molecular weight excluding hydrogens is 282 g/mol. The highest BCUT2D eigenvalue weighted by Crippen LogP contribution is 2.21. The molecule has 6 nitrogen and oxygen atoms in total. The summed E-state index contributed by atoms with van der Waals surface area (Å²) >= 11 is 5.70. The Kier molecular flexibility index (Phi) is 5.39. The van der Waals surface area contributed by atoms with E-state index in [9.17, 15) is 14.4 Å². The summed E-state index contributed by atoms with van der Waals surface area (Å²) in [5.74, 6) is -1.25. The van der Waals surface area contributed by atoms with Crippen LogP contribution in [0.5, 0.6) is 0 Å². The average Bonchev–Trinajstić information content (AvgIpc) is 2.33. The zero-order valence-corrected chi connectivity index (χ0v) is 12.9. The number of halogens is 1. The van der Waals surface area contributed by atoms with Crippen molar-refractivity contribution in [1.82, 2.24) is 10.2 Å². The predicted octanol–water partition coefficient (Wildman–Crippen LogP) is 0.232. The first kappa shape index (κ1) is 16.8. The highest BCUT2D eigenvalue weighted by molar-refractivity contribution is 6.30. The van der Waals surface area contributed by atoms with Gasteiger partial charge in [0.05, 0.1) is 5.92 Å². The van der Waals surface area contributed by atoms with Crippen LogP contribution in [0.25, 0.3) is 0 Å². The maximum Gasteiger partial charge on any atom is 0.243 e. The number of alkyl halides is 1. The largest absolute Gasteiger partial charge is 0.368 e. The number of nitrogens with one attached hydrogen (secondary N) is 1. The Labute approximate surface area is 124 Å². The molecule has 7 heteroatoms. The summed E-state index contributed by atoms with van der Waals surface area (Å²) in [6.07, 6.45) is 0.886. The zero-order valence-electron chi connectivity index (χ0n) is 12.1. The van der Waals surface area contributed by atoms with E-state index in [0.717, 1.165) is 0 Å². The predicted molar refractivity (Wildman–Crippen MR) is 76.0 cm³/mol. The fourth-order valence-corrected chi connectivity index (χ4v) is 2.39. The van der Waals surface area contributed by atoms with Crippen molar-refractivity contribution in [2.24, 2.45) is 11.7 Å². The number of rotatable bonds is 6. The van der Waals surface area contributed by atoms with Crippen LogP contribution in [-0.2, 0) is 14.4 Å². The minimum Gasteiger partial charge on any atom is -0.368 e. The molecule has 0 aliphatic carbocycles. The Morgan fingerprint density at radius 2 is 1.85 bits per heavy atom. The van der Waals surface area contributed by atoms with Gasteiger partial charge in [0, 0.05) is 13.1 Å². The molecule has 1 saturated heterocycles. The minimum atomic E-state index is -0.999. The van der Waals surface area contributed by atoms with Gasteiger partial charge in [0.15, 0.2) is 0 Å². The molecule has 1 aliphatic heterocycles. The zero-order chi connectivity index (χ0) is 15.5. The first-order valence-corrected chi connectivity index (χ1v) is 7.25. The van der Waals surface area contributed by atoms with E-state index in [1.54, 1.807) is 20.8 Å². The molecule has 20 heavy (non-hydrogen) atoms. The molecule has 1 heterocycles. The van der Waals surface area contributed by atoms with Gasteiger partial charge in [0.1, 0.15) is 10.9 Å². The van der Waals surface area contributed by atoms with Crippen LogP contribution in [0.4, 0.5) is 0 Å². The summed E-state index contributed by atoms with van der Waals surface area (Å²) < 4.78 is 0. The van der Waals surface area contributed by atoms with Crippen molar-refractivity contribution in [3.63, 3.8) is 0 Å². The first-order valence-electron chi connectivity index (χ1n) is 6.82. The third kappa shape index (κ3) is 3.23. The molecule has 0 saturated carbocycles. The second-order valence-electron chi connectivity index (χ2n) is 5.20. The lowest BCUT2D eigenvalue weighted by Crippen LogP contribution is -2.63. The third-order valence-corrected chi connectivity index (χ3v) is 4.13. The van der Waals surface area contributed by atoms with Crippen LogP contribution in [0.2, 0.25) is 0 Å². The number of carbonyl (C=O) groups is 3. The Morgan fingerprint density at radius 3 is 2.20 bits per heavy atom. The van der Waals surface area contributed by atoms with Crippen LogP contribution >= 0.6 is 11.6 Å². The average molecular weight is 304 g/mol. The van der Waals surface area contributed by atoms with Gasteiger partial charge in [-0.15, -0.1) is 11.6 Å². The molecule has 0 spiro atoms. The quantitative estimate of drug-likeness (QED) is 0.688. The molecule has 1 unspecified atom stereocenters. The molecule has 3 N–H and O–H groups in total.